The summed E-state index contributed by atoms with van der Waals surface area (Å²) in [5.41, 5.74) is 2.62. The third-order valence-electron chi connectivity index (χ3n) is 3.77. The Kier molecular flexibility index (Phi) is 3.29. The zero-order valence-corrected chi connectivity index (χ0v) is 13.3. The van der Waals surface area contributed by atoms with Gasteiger partial charge in [0.1, 0.15) is 0 Å². The number of aryl methyl sites for hydroxylation is 2. The van der Waals surface area contributed by atoms with Crippen LogP contribution in [0.25, 0.3) is 10.2 Å². The van der Waals surface area contributed by atoms with E-state index in [-0.39, 0.29) is 5.38 Å². The second-order valence-corrected chi connectivity index (χ2v) is 8.01. The molecule has 0 fully saturated rings. The van der Waals surface area contributed by atoms with E-state index in [9.17, 15) is 0 Å². The molecule has 0 aliphatic heterocycles. The molecule has 1 atom stereocenters. The molecule has 0 radical (unpaired) electrons. The number of nitrogens with zero attached hydrogens (tertiary/aromatic N) is 1. The quantitative estimate of drug-likeness (QED) is 0.591. The smallest absolute Gasteiger partial charge is 0.0957 e. The summed E-state index contributed by atoms with van der Waals surface area (Å²) in [7, 11) is 0. The number of thiophene rings is 1. The molecule has 102 valence electrons. The van der Waals surface area contributed by atoms with Crippen LogP contribution in [0.3, 0.4) is 0 Å². The van der Waals surface area contributed by atoms with Crippen LogP contribution >= 0.6 is 34.3 Å². The topological polar surface area (TPSA) is 12.9 Å². The van der Waals surface area contributed by atoms with Crippen molar-refractivity contribution in [1.29, 1.82) is 0 Å². The van der Waals surface area contributed by atoms with Crippen LogP contribution in [0.15, 0.2) is 30.3 Å². The van der Waals surface area contributed by atoms with Gasteiger partial charge in [-0.15, -0.1) is 34.3 Å². The van der Waals surface area contributed by atoms with Crippen LogP contribution < -0.4 is 0 Å². The Labute approximate surface area is 131 Å². The van der Waals surface area contributed by atoms with Gasteiger partial charge in [0.25, 0.3) is 0 Å². The molecular formula is C16H14ClNS2. The molecule has 2 aromatic heterocycles. The van der Waals surface area contributed by atoms with E-state index < -0.39 is 0 Å². The lowest BCUT2D eigenvalue weighted by molar-refractivity contribution is 0.903. The average Bonchev–Trinajstić information content (AvgIpc) is 3.11. The van der Waals surface area contributed by atoms with Crippen LogP contribution in [-0.4, -0.2) is 4.98 Å². The lowest BCUT2D eigenvalue weighted by Gasteiger charge is -2.04. The molecule has 0 amide bonds. The first kappa shape index (κ1) is 12.8. The minimum atomic E-state index is 0.0613. The summed E-state index contributed by atoms with van der Waals surface area (Å²) in [4.78, 5) is 7.55. The Morgan fingerprint density at radius 2 is 2.10 bits per heavy atom. The number of alkyl halides is 1. The molecule has 1 aliphatic carbocycles. The van der Waals surface area contributed by atoms with E-state index in [1.54, 1.807) is 16.2 Å². The van der Waals surface area contributed by atoms with Crippen molar-refractivity contribution in [2.45, 2.75) is 31.1 Å². The Morgan fingerprint density at radius 1 is 1.20 bits per heavy atom. The number of para-hydroxylation sites is 1. The van der Waals surface area contributed by atoms with E-state index in [4.69, 9.17) is 11.6 Å². The van der Waals surface area contributed by atoms with Crippen LogP contribution in [0.2, 0.25) is 0 Å². The molecule has 1 aliphatic rings. The van der Waals surface area contributed by atoms with E-state index in [0.717, 1.165) is 16.9 Å². The van der Waals surface area contributed by atoms with Gasteiger partial charge in [0.05, 0.1) is 20.6 Å². The first-order valence-corrected chi connectivity index (χ1v) is 8.96. The van der Waals surface area contributed by atoms with Crippen LogP contribution in [0, 0.1) is 0 Å². The van der Waals surface area contributed by atoms with Crippen molar-refractivity contribution >= 4 is 44.5 Å². The highest BCUT2D eigenvalue weighted by Crippen LogP contribution is 2.38. The van der Waals surface area contributed by atoms with Gasteiger partial charge in [-0.3, -0.25) is 0 Å². The van der Waals surface area contributed by atoms with Gasteiger partial charge in [-0.05, 0) is 43.0 Å². The first-order valence-electron chi connectivity index (χ1n) is 6.89. The normalized spacial score (nSPS) is 15.7. The van der Waals surface area contributed by atoms with Crippen molar-refractivity contribution in [3.63, 3.8) is 0 Å². The summed E-state index contributed by atoms with van der Waals surface area (Å²) < 4.78 is 1.25. The van der Waals surface area contributed by atoms with Gasteiger partial charge in [0.15, 0.2) is 0 Å². The molecule has 2 heterocycles. The number of hydrogen-bond donors (Lipinski definition) is 0. The van der Waals surface area contributed by atoms with Crippen LogP contribution in [0.4, 0.5) is 0 Å². The highest BCUT2D eigenvalue weighted by molar-refractivity contribution is 7.18. The fourth-order valence-electron chi connectivity index (χ4n) is 2.77. The lowest BCUT2D eigenvalue weighted by atomic mass is 10.2. The van der Waals surface area contributed by atoms with Crippen molar-refractivity contribution in [2.24, 2.45) is 0 Å². The molecule has 0 spiro atoms. The number of hydrogen-bond acceptors (Lipinski definition) is 3. The van der Waals surface area contributed by atoms with E-state index in [0.29, 0.717) is 0 Å². The van der Waals surface area contributed by atoms with Gasteiger partial charge in [0, 0.05) is 16.2 Å². The van der Waals surface area contributed by atoms with Crippen molar-refractivity contribution in [3.8, 4) is 0 Å². The van der Waals surface area contributed by atoms with E-state index in [1.807, 2.05) is 17.4 Å². The summed E-state index contributed by atoms with van der Waals surface area (Å²) in [5, 5.41) is 1.20. The SMILES string of the molecule is ClC(Cc1nc2ccccc2s1)c1cc2c(s1)CCC2. The maximum Gasteiger partial charge on any atom is 0.0957 e. The molecule has 0 saturated heterocycles. The van der Waals surface area contributed by atoms with Gasteiger partial charge < -0.3 is 0 Å². The molecule has 0 saturated carbocycles. The van der Waals surface area contributed by atoms with Gasteiger partial charge in [-0.2, -0.15) is 0 Å². The number of fused-ring (bicyclic) bond motifs is 2. The second kappa shape index (κ2) is 5.14. The highest BCUT2D eigenvalue weighted by atomic mass is 35.5. The van der Waals surface area contributed by atoms with Gasteiger partial charge in [0.2, 0.25) is 0 Å². The van der Waals surface area contributed by atoms with Crippen LogP contribution in [-0.2, 0) is 19.3 Å². The van der Waals surface area contributed by atoms with E-state index >= 15 is 0 Å². The fraction of sp³-hybridized carbons (Fsp3) is 0.312. The van der Waals surface area contributed by atoms with Gasteiger partial charge >= 0.3 is 0 Å². The van der Waals surface area contributed by atoms with Crippen molar-refractivity contribution < 1.29 is 0 Å². The van der Waals surface area contributed by atoms with E-state index in [1.165, 1.54) is 34.4 Å². The summed E-state index contributed by atoms with van der Waals surface area (Å²) in [6.07, 6.45) is 4.62. The third kappa shape index (κ3) is 2.28. The van der Waals surface area contributed by atoms with Crippen LogP contribution in [0.1, 0.15) is 32.1 Å². The molecule has 1 unspecified atom stereocenters. The molecule has 20 heavy (non-hydrogen) atoms. The molecule has 1 aromatic carbocycles. The largest absolute Gasteiger partial charge is 0.241 e. The van der Waals surface area contributed by atoms with Gasteiger partial charge in [-0.25, -0.2) is 4.98 Å². The van der Waals surface area contributed by atoms with Crippen LogP contribution in [0.5, 0.6) is 0 Å². The fourth-order valence-corrected chi connectivity index (χ4v) is 5.45. The molecule has 1 nitrogen and oxygen atoms in total. The number of aromatic nitrogens is 1. The van der Waals surface area contributed by atoms with E-state index in [2.05, 4.69) is 29.2 Å². The highest BCUT2D eigenvalue weighted by Gasteiger charge is 2.20. The molecule has 0 N–H and O–H groups in total. The molecule has 0 bridgehead atoms. The Morgan fingerprint density at radius 3 is 2.95 bits per heavy atom. The molecule has 3 aromatic rings. The second-order valence-electron chi connectivity index (χ2n) is 5.20. The molecule has 4 heteroatoms. The Bertz CT molecular complexity index is 704. The number of benzene rings is 1. The third-order valence-corrected chi connectivity index (χ3v) is 6.69. The summed E-state index contributed by atoms with van der Waals surface area (Å²) >= 11 is 10.3. The summed E-state index contributed by atoms with van der Waals surface area (Å²) in [6, 6.07) is 10.6. The number of halogens is 1. The lowest BCUT2D eigenvalue weighted by Crippen LogP contribution is -1.92. The summed E-state index contributed by atoms with van der Waals surface area (Å²) in [6.45, 7) is 0. The van der Waals surface area contributed by atoms with Crippen molar-refractivity contribution in [1.82, 2.24) is 4.98 Å². The number of rotatable bonds is 3. The maximum absolute atomic E-state index is 6.61. The predicted molar refractivity (Wildman–Crippen MR) is 88.3 cm³/mol. The Hall–Kier alpha value is -0.900. The monoisotopic (exact) mass is 319 g/mol. The van der Waals surface area contributed by atoms with Crippen molar-refractivity contribution in [3.05, 3.63) is 50.7 Å². The Balaban J connectivity index is 1.57. The zero-order chi connectivity index (χ0) is 13.5. The molecule has 4 rings (SSSR count). The number of thiazole rings is 1. The van der Waals surface area contributed by atoms with Gasteiger partial charge in [-0.1, -0.05) is 12.1 Å². The first-order chi connectivity index (χ1) is 9.79. The minimum Gasteiger partial charge on any atom is -0.241 e. The standard InChI is InChI=1S/C16H14ClNS2/c17-11(15-8-10-4-3-7-13(10)19-15)9-16-18-12-5-1-2-6-14(12)20-16/h1-2,5-6,8,11H,3-4,7,9H2. The molecular weight excluding hydrogens is 306 g/mol. The summed E-state index contributed by atoms with van der Waals surface area (Å²) in [5.74, 6) is 0. The zero-order valence-electron chi connectivity index (χ0n) is 10.9. The maximum atomic E-state index is 6.61. The average molecular weight is 320 g/mol. The van der Waals surface area contributed by atoms with Crippen molar-refractivity contribution in [2.75, 3.05) is 0 Å². The predicted octanol–water partition coefficient (Wildman–Crippen LogP) is 5.37. The minimum absolute atomic E-state index is 0.0613.